The highest BCUT2D eigenvalue weighted by Gasteiger charge is 2.09. The van der Waals surface area contributed by atoms with E-state index in [1.54, 1.807) is 18.3 Å². The van der Waals surface area contributed by atoms with Crippen LogP contribution in [0.4, 0.5) is 4.39 Å². The number of aryl methyl sites for hydroxylation is 1. The predicted octanol–water partition coefficient (Wildman–Crippen LogP) is 2.63. The van der Waals surface area contributed by atoms with Gasteiger partial charge in [-0.05, 0) is 35.7 Å². The number of hydrogen-bond acceptors (Lipinski definition) is 2. The van der Waals surface area contributed by atoms with Crippen LogP contribution < -0.4 is 10.9 Å². The highest BCUT2D eigenvalue weighted by molar-refractivity contribution is 5.89. The Bertz CT molecular complexity index is 904. The lowest BCUT2D eigenvalue weighted by molar-refractivity contribution is -0.128. The largest absolute Gasteiger partial charge is 0.361 e. The minimum atomic E-state index is -0.329. The molecular weight excluding hydrogens is 321 g/mol. The first kappa shape index (κ1) is 16.7. The molecule has 1 heterocycles. The molecule has 0 aliphatic carbocycles. The van der Waals surface area contributed by atoms with Crippen LogP contribution in [0.15, 0.2) is 54.7 Å². The molecule has 2 aromatic carbocycles. The molecule has 3 aromatic rings. The number of amides is 2. The standard InChI is InChI=1S/C19H18FN3O2/c20-15-5-3-4-13(10-15)8-9-18(24)22-23-19(25)11-14-12-21-17-7-2-1-6-16(14)17/h1-7,10,12,21H,8-9,11H2,(H,22,24)(H,23,25). The second kappa shape index (κ2) is 7.61. The molecule has 6 heteroatoms. The Labute approximate surface area is 144 Å². The van der Waals surface area contributed by atoms with Crippen LogP contribution in [0.25, 0.3) is 10.9 Å². The number of benzene rings is 2. The molecular formula is C19H18FN3O2. The molecule has 2 amide bonds. The van der Waals surface area contributed by atoms with Crippen molar-refractivity contribution in [2.45, 2.75) is 19.3 Å². The molecule has 0 aliphatic heterocycles. The van der Waals surface area contributed by atoms with Gasteiger partial charge in [-0.15, -0.1) is 0 Å². The van der Waals surface area contributed by atoms with Crippen molar-refractivity contribution >= 4 is 22.7 Å². The van der Waals surface area contributed by atoms with Crippen LogP contribution in [0.1, 0.15) is 17.5 Å². The zero-order valence-corrected chi connectivity index (χ0v) is 13.5. The number of halogens is 1. The van der Waals surface area contributed by atoms with E-state index < -0.39 is 0 Å². The van der Waals surface area contributed by atoms with Gasteiger partial charge in [0, 0.05) is 23.5 Å². The Morgan fingerprint density at radius 2 is 1.80 bits per heavy atom. The van der Waals surface area contributed by atoms with Crippen molar-refractivity contribution in [2.24, 2.45) is 0 Å². The van der Waals surface area contributed by atoms with Crippen molar-refractivity contribution < 1.29 is 14.0 Å². The van der Waals surface area contributed by atoms with Crippen molar-refractivity contribution in [1.82, 2.24) is 15.8 Å². The van der Waals surface area contributed by atoms with E-state index in [4.69, 9.17) is 0 Å². The third-order valence-electron chi connectivity index (χ3n) is 3.90. The monoisotopic (exact) mass is 339 g/mol. The van der Waals surface area contributed by atoms with Crippen molar-refractivity contribution in [3.05, 3.63) is 71.7 Å². The molecule has 0 atom stereocenters. The number of rotatable bonds is 5. The molecule has 25 heavy (non-hydrogen) atoms. The second-order valence-corrected chi connectivity index (χ2v) is 5.76. The van der Waals surface area contributed by atoms with Crippen LogP contribution in [0, 0.1) is 5.82 Å². The lowest BCUT2D eigenvalue weighted by atomic mass is 10.1. The summed E-state index contributed by atoms with van der Waals surface area (Å²) in [5.74, 6) is -0.953. The van der Waals surface area contributed by atoms with E-state index in [2.05, 4.69) is 15.8 Å². The Balaban J connectivity index is 1.46. The third-order valence-corrected chi connectivity index (χ3v) is 3.90. The number of hydrazine groups is 1. The highest BCUT2D eigenvalue weighted by Crippen LogP contribution is 2.17. The summed E-state index contributed by atoms with van der Waals surface area (Å²) in [5.41, 5.74) is 7.35. The molecule has 0 aliphatic rings. The van der Waals surface area contributed by atoms with E-state index in [0.29, 0.717) is 6.42 Å². The molecule has 3 N–H and O–H groups in total. The van der Waals surface area contributed by atoms with Crippen LogP contribution in [-0.2, 0) is 22.4 Å². The number of hydrogen-bond donors (Lipinski definition) is 3. The second-order valence-electron chi connectivity index (χ2n) is 5.76. The average molecular weight is 339 g/mol. The molecule has 5 nitrogen and oxygen atoms in total. The molecule has 1 aromatic heterocycles. The first-order chi connectivity index (χ1) is 12.1. The number of fused-ring (bicyclic) bond motifs is 1. The van der Waals surface area contributed by atoms with E-state index in [-0.39, 0.29) is 30.5 Å². The highest BCUT2D eigenvalue weighted by atomic mass is 19.1. The predicted molar refractivity (Wildman–Crippen MR) is 93.0 cm³/mol. The summed E-state index contributed by atoms with van der Waals surface area (Å²) in [5, 5.41) is 0.982. The maximum absolute atomic E-state index is 13.1. The Morgan fingerprint density at radius 3 is 2.64 bits per heavy atom. The van der Waals surface area contributed by atoms with Crippen LogP contribution in [0.3, 0.4) is 0 Å². The van der Waals surface area contributed by atoms with Gasteiger partial charge >= 0.3 is 0 Å². The number of aromatic nitrogens is 1. The molecule has 3 rings (SSSR count). The van der Waals surface area contributed by atoms with E-state index >= 15 is 0 Å². The van der Waals surface area contributed by atoms with Crippen molar-refractivity contribution in [3.63, 3.8) is 0 Å². The molecule has 0 bridgehead atoms. The molecule has 128 valence electrons. The summed E-state index contributed by atoms with van der Waals surface area (Å²) in [7, 11) is 0. The first-order valence-corrected chi connectivity index (χ1v) is 7.99. The Kier molecular flexibility index (Phi) is 5.09. The summed E-state index contributed by atoms with van der Waals surface area (Å²) in [6.45, 7) is 0. The lowest BCUT2D eigenvalue weighted by Gasteiger charge is -2.07. The van der Waals surface area contributed by atoms with Crippen molar-refractivity contribution in [1.29, 1.82) is 0 Å². The van der Waals surface area contributed by atoms with Crippen molar-refractivity contribution in [3.8, 4) is 0 Å². The van der Waals surface area contributed by atoms with E-state index in [1.807, 2.05) is 24.3 Å². The summed E-state index contributed by atoms with van der Waals surface area (Å²) in [6.07, 6.45) is 2.52. The molecule has 0 saturated heterocycles. The molecule has 0 radical (unpaired) electrons. The zero-order valence-electron chi connectivity index (χ0n) is 13.5. The molecule has 0 saturated carbocycles. The van der Waals surface area contributed by atoms with Gasteiger partial charge < -0.3 is 4.98 Å². The fourth-order valence-corrected chi connectivity index (χ4v) is 2.65. The number of nitrogens with one attached hydrogen (secondary N) is 3. The summed E-state index contributed by atoms with van der Waals surface area (Å²) >= 11 is 0. The number of carbonyl (C=O) groups is 2. The minimum Gasteiger partial charge on any atom is -0.361 e. The Morgan fingerprint density at radius 1 is 1.00 bits per heavy atom. The number of para-hydroxylation sites is 1. The van der Waals surface area contributed by atoms with E-state index in [0.717, 1.165) is 22.0 Å². The molecule has 0 fully saturated rings. The summed E-state index contributed by atoms with van der Waals surface area (Å²) in [6, 6.07) is 13.8. The van der Waals surface area contributed by atoms with Gasteiger partial charge in [-0.25, -0.2) is 4.39 Å². The van der Waals surface area contributed by atoms with Gasteiger partial charge in [-0.1, -0.05) is 30.3 Å². The first-order valence-electron chi connectivity index (χ1n) is 7.99. The fourth-order valence-electron chi connectivity index (χ4n) is 2.65. The minimum absolute atomic E-state index is 0.161. The summed E-state index contributed by atoms with van der Waals surface area (Å²) in [4.78, 5) is 26.9. The average Bonchev–Trinajstić information content (AvgIpc) is 3.01. The number of aromatic amines is 1. The third kappa shape index (κ3) is 4.44. The lowest BCUT2D eigenvalue weighted by Crippen LogP contribution is -2.42. The van der Waals surface area contributed by atoms with Gasteiger partial charge in [0.25, 0.3) is 0 Å². The normalized spacial score (nSPS) is 10.6. The number of carbonyl (C=O) groups excluding carboxylic acids is 2. The van der Waals surface area contributed by atoms with Gasteiger partial charge in [0.05, 0.1) is 6.42 Å². The van der Waals surface area contributed by atoms with Crippen LogP contribution in [0.2, 0.25) is 0 Å². The van der Waals surface area contributed by atoms with Gasteiger partial charge in [-0.2, -0.15) is 0 Å². The quantitative estimate of drug-likeness (QED) is 0.625. The SMILES string of the molecule is O=C(CCc1cccc(F)c1)NNC(=O)Cc1c[nH]c2ccccc12. The smallest absolute Gasteiger partial charge is 0.242 e. The molecule has 0 unspecified atom stereocenters. The van der Waals surface area contributed by atoms with Crippen molar-refractivity contribution in [2.75, 3.05) is 0 Å². The van der Waals surface area contributed by atoms with Crippen LogP contribution >= 0.6 is 0 Å². The van der Waals surface area contributed by atoms with E-state index in [9.17, 15) is 14.0 Å². The Hall–Kier alpha value is -3.15. The van der Waals surface area contributed by atoms with Gasteiger partial charge in [0.2, 0.25) is 11.8 Å². The fraction of sp³-hybridized carbons (Fsp3) is 0.158. The zero-order chi connectivity index (χ0) is 17.6. The van der Waals surface area contributed by atoms with Crippen LogP contribution in [0.5, 0.6) is 0 Å². The number of H-pyrrole nitrogens is 1. The van der Waals surface area contributed by atoms with Crippen LogP contribution in [-0.4, -0.2) is 16.8 Å². The molecule has 0 spiro atoms. The maximum Gasteiger partial charge on any atom is 0.242 e. The van der Waals surface area contributed by atoms with E-state index in [1.165, 1.54) is 12.1 Å². The van der Waals surface area contributed by atoms with Gasteiger partial charge in [-0.3, -0.25) is 20.4 Å². The maximum atomic E-state index is 13.1. The topological polar surface area (TPSA) is 74.0 Å². The van der Waals surface area contributed by atoms with Gasteiger partial charge in [0.1, 0.15) is 5.82 Å². The van der Waals surface area contributed by atoms with Gasteiger partial charge in [0.15, 0.2) is 0 Å². The summed E-state index contributed by atoms with van der Waals surface area (Å²) < 4.78 is 13.1.